The molecule has 1 aromatic rings. The number of tetrazole rings is 1. The van der Waals surface area contributed by atoms with Crippen molar-refractivity contribution in [2.24, 2.45) is 5.41 Å². The van der Waals surface area contributed by atoms with Crippen molar-refractivity contribution in [3.63, 3.8) is 0 Å². The molecule has 1 aromatic heterocycles. The molecule has 18 heavy (non-hydrogen) atoms. The van der Waals surface area contributed by atoms with Crippen LogP contribution in [0.15, 0.2) is 0 Å². The molecule has 1 heterocycles. The van der Waals surface area contributed by atoms with Crippen molar-refractivity contribution in [1.82, 2.24) is 25.5 Å². The molecule has 0 saturated heterocycles. The lowest BCUT2D eigenvalue weighted by molar-refractivity contribution is 0.165. The van der Waals surface area contributed by atoms with E-state index in [0.29, 0.717) is 17.5 Å². The molecule has 1 atom stereocenters. The van der Waals surface area contributed by atoms with E-state index in [1.54, 1.807) is 0 Å². The quantitative estimate of drug-likeness (QED) is 0.892. The lowest BCUT2D eigenvalue weighted by Gasteiger charge is -2.39. The molecule has 5 heteroatoms. The summed E-state index contributed by atoms with van der Waals surface area (Å²) in [4.78, 5) is 0. The fourth-order valence-corrected chi connectivity index (χ4v) is 2.82. The number of nitrogens with zero attached hydrogens (tertiary/aromatic N) is 4. The van der Waals surface area contributed by atoms with Crippen LogP contribution in [0, 0.1) is 5.41 Å². The van der Waals surface area contributed by atoms with Crippen molar-refractivity contribution >= 4 is 0 Å². The van der Waals surface area contributed by atoms with Gasteiger partial charge < -0.3 is 5.32 Å². The molecule has 2 rings (SSSR count). The predicted molar refractivity (Wildman–Crippen MR) is 71.1 cm³/mol. The van der Waals surface area contributed by atoms with Gasteiger partial charge >= 0.3 is 0 Å². The molecule has 1 saturated carbocycles. The largest absolute Gasteiger partial charge is 0.306 e. The molecule has 0 aliphatic heterocycles. The molecule has 0 amide bonds. The Bertz CT molecular complexity index is 382. The summed E-state index contributed by atoms with van der Waals surface area (Å²) in [5, 5.41) is 15.6. The zero-order chi connectivity index (χ0) is 13.2. The first-order valence-corrected chi connectivity index (χ1v) is 7.01. The van der Waals surface area contributed by atoms with Gasteiger partial charge in [-0.05, 0) is 42.5 Å². The molecular formula is C13H25N5. The normalized spacial score (nSPS) is 23.5. The van der Waals surface area contributed by atoms with Gasteiger partial charge in [-0.1, -0.05) is 26.7 Å². The minimum absolute atomic E-state index is 0.316. The van der Waals surface area contributed by atoms with Gasteiger partial charge in [0.2, 0.25) is 0 Å². The van der Waals surface area contributed by atoms with E-state index in [9.17, 15) is 0 Å². The van der Waals surface area contributed by atoms with Crippen LogP contribution in [0.2, 0.25) is 0 Å². The fourth-order valence-electron chi connectivity index (χ4n) is 2.82. The standard InChI is InChI=1S/C13H25N5/c1-10(2)18-12(15-16-17-18)9-14-11-7-5-6-8-13(11,3)4/h10-11,14H,5-9H2,1-4H3. The van der Waals surface area contributed by atoms with Crippen molar-refractivity contribution in [2.75, 3.05) is 0 Å². The van der Waals surface area contributed by atoms with Crippen LogP contribution in [-0.4, -0.2) is 26.2 Å². The summed E-state index contributed by atoms with van der Waals surface area (Å²) in [6.45, 7) is 9.68. The van der Waals surface area contributed by atoms with Crippen LogP contribution in [0.25, 0.3) is 0 Å². The highest BCUT2D eigenvalue weighted by Crippen LogP contribution is 2.35. The highest BCUT2D eigenvalue weighted by Gasteiger charge is 2.31. The van der Waals surface area contributed by atoms with Gasteiger partial charge in [-0.25, -0.2) is 4.68 Å². The van der Waals surface area contributed by atoms with E-state index in [1.165, 1.54) is 25.7 Å². The maximum Gasteiger partial charge on any atom is 0.165 e. The van der Waals surface area contributed by atoms with Crippen LogP contribution in [0.4, 0.5) is 0 Å². The second-order valence-electron chi connectivity index (χ2n) is 6.30. The first-order valence-electron chi connectivity index (χ1n) is 7.01. The molecule has 0 radical (unpaired) electrons. The molecule has 0 spiro atoms. The van der Waals surface area contributed by atoms with Crippen molar-refractivity contribution < 1.29 is 0 Å². The summed E-state index contributed by atoms with van der Waals surface area (Å²) < 4.78 is 1.89. The number of nitrogens with one attached hydrogen (secondary N) is 1. The summed E-state index contributed by atoms with van der Waals surface area (Å²) in [7, 11) is 0. The third-order valence-electron chi connectivity index (χ3n) is 4.06. The Morgan fingerprint density at radius 2 is 2.17 bits per heavy atom. The average Bonchev–Trinajstić information content (AvgIpc) is 2.75. The summed E-state index contributed by atoms with van der Waals surface area (Å²) in [6.07, 6.45) is 5.25. The van der Waals surface area contributed by atoms with E-state index >= 15 is 0 Å². The molecule has 1 aliphatic rings. The molecule has 1 unspecified atom stereocenters. The summed E-state index contributed by atoms with van der Waals surface area (Å²) >= 11 is 0. The van der Waals surface area contributed by atoms with Gasteiger partial charge in [-0.3, -0.25) is 0 Å². The van der Waals surface area contributed by atoms with Gasteiger partial charge in [0, 0.05) is 6.04 Å². The molecule has 1 fully saturated rings. The van der Waals surface area contributed by atoms with Gasteiger partial charge in [0.15, 0.2) is 5.82 Å². The van der Waals surface area contributed by atoms with Crippen molar-refractivity contribution in [1.29, 1.82) is 0 Å². The van der Waals surface area contributed by atoms with Gasteiger partial charge in [0.1, 0.15) is 0 Å². The smallest absolute Gasteiger partial charge is 0.165 e. The van der Waals surface area contributed by atoms with Gasteiger partial charge in [-0.2, -0.15) is 0 Å². The average molecular weight is 251 g/mol. The Hall–Kier alpha value is -0.970. The Kier molecular flexibility index (Phi) is 4.00. The van der Waals surface area contributed by atoms with Crippen molar-refractivity contribution in [3.05, 3.63) is 5.82 Å². The zero-order valence-corrected chi connectivity index (χ0v) is 12.0. The van der Waals surface area contributed by atoms with E-state index in [0.717, 1.165) is 12.4 Å². The van der Waals surface area contributed by atoms with Crippen LogP contribution in [0.1, 0.15) is 65.2 Å². The van der Waals surface area contributed by atoms with Crippen molar-refractivity contribution in [3.8, 4) is 0 Å². The van der Waals surface area contributed by atoms with Crippen LogP contribution in [0.3, 0.4) is 0 Å². The van der Waals surface area contributed by atoms with E-state index in [1.807, 2.05) is 4.68 Å². The summed E-state index contributed by atoms with van der Waals surface area (Å²) in [6, 6.07) is 0.889. The highest BCUT2D eigenvalue weighted by molar-refractivity contribution is 4.90. The summed E-state index contributed by atoms with van der Waals surface area (Å²) in [5.74, 6) is 0.936. The van der Waals surface area contributed by atoms with Crippen LogP contribution in [0.5, 0.6) is 0 Å². The number of rotatable bonds is 4. The lowest BCUT2D eigenvalue weighted by Crippen LogP contribution is -2.44. The Balaban J connectivity index is 1.96. The van der Waals surface area contributed by atoms with E-state index in [4.69, 9.17) is 0 Å². The zero-order valence-electron chi connectivity index (χ0n) is 12.0. The Labute approximate surface area is 109 Å². The second-order valence-corrected chi connectivity index (χ2v) is 6.30. The molecule has 0 aromatic carbocycles. The van der Waals surface area contributed by atoms with Crippen LogP contribution in [-0.2, 0) is 6.54 Å². The predicted octanol–water partition coefficient (Wildman–Crippen LogP) is 2.31. The number of hydrogen-bond donors (Lipinski definition) is 1. The molecule has 1 N–H and O–H groups in total. The van der Waals surface area contributed by atoms with Gasteiger partial charge in [0.25, 0.3) is 0 Å². The van der Waals surface area contributed by atoms with Gasteiger partial charge in [-0.15, -0.1) is 5.10 Å². The molecule has 5 nitrogen and oxygen atoms in total. The first-order chi connectivity index (χ1) is 8.50. The fraction of sp³-hybridized carbons (Fsp3) is 0.923. The third-order valence-corrected chi connectivity index (χ3v) is 4.06. The van der Waals surface area contributed by atoms with Crippen molar-refractivity contribution in [2.45, 2.75) is 72.0 Å². The molecule has 1 aliphatic carbocycles. The molecule has 102 valence electrons. The second kappa shape index (κ2) is 5.34. The number of aromatic nitrogens is 4. The lowest BCUT2D eigenvalue weighted by atomic mass is 9.73. The van der Waals surface area contributed by atoms with E-state index in [-0.39, 0.29) is 0 Å². The monoisotopic (exact) mass is 251 g/mol. The SMILES string of the molecule is CC(C)n1nnnc1CNC1CCCCC1(C)C. The maximum absolute atomic E-state index is 4.11. The minimum atomic E-state index is 0.316. The minimum Gasteiger partial charge on any atom is -0.306 e. The maximum atomic E-state index is 4.11. The first kappa shape index (κ1) is 13.5. The molecule has 0 bridgehead atoms. The third kappa shape index (κ3) is 2.88. The van der Waals surface area contributed by atoms with Crippen LogP contribution >= 0.6 is 0 Å². The van der Waals surface area contributed by atoms with E-state index < -0.39 is 0 Å². The Morgan fingerprint density at radius 1 is 1.39 bits per heavy atom. The highest BCUT2D eigenvalue weighted by atomic mass is 15.5. The Morgan fingerprint density at radius 3 is 2.83 bits per heavy atom. The summed E-state index contributed by atoms with van der Waals surface area (Å²) in [5.41, 5.74) is 0.383. The van der Waals surface area contributed by atoms with E-state index in [2.05, 4.69) is 48.5 Å². The topological polar surface area (TPSA) is 55.6 Å². The van der Waals surface area contributed by atoms with Gasteiger partial charge in [0.05, 0.1) is 12.6 Å². The number of hydrogen-bond acceptors (Lipinski definition) is 4. The van der Waals surface area contributed by atoms with Crippen LogP contribution < -0.4 is 5.32 Å². The molecular weight excluding hydrogens is 226 g/mol.